The molecule has 0 saturated heterocycles. The second kappa shape index (κ2) is 8.24. The molecule has 0 spiro atoms. The van der Waals surface area contributed by atoms with Crippen molar-refractivity contribution in [1.82, 2.24) is 4.90 Å². The van der Waals surface area contributed by atoms with Gasteiger partial charge in [-0.15, -0.1) is 0 Å². The minimum absolute atomic E-state index is 0.0347. The van der Waals surface area contributed by atoms with Crippen LogP contribution in [0.2, 0.25) is 0 Å². The molecular weight excluding hydrogens is 339 g/mol. The highest BCUT2D eigenvalue weighted by Crippen LogP contribution is 2.12. The molecule has 0 heterocycles. The van der Waals surface area contributed by atoms with Crippen molar-refractivity contribution in [3.63, 3.8) is 0 Å². The lowest BCUT2D eigenvalue weighted by Gasteiger charge is -2.11. The molecule has 0 fully saturated rings. The van der Waals surface area contributed by atoms with Crippen molar-refractivity contribution in [3.05, 3.63) is 65.0 Å². The van der Waals surface area contributed by atoms with E-state index >= 15 is 0 Å². The summed E-state index contributed by atoms with van der Waals surface area (Å²) in [4.78, 5) is 36.9. The fraction of sp³-hybridized carbons (Fsp3) is 0.211. The molecule has 2 aromatic rings. The van der Waals surface area contributed by atoms with Gasteiger partial charge in [0.15, 0.2) is 6.61 Å². The summed E-state index contributed by atoms with van der Waals surface area (Å²) >= 11 is 0. The minimum Gasteiger partial charge on any atom is -0.452 e. The molecule has 0 aliphatic carbocycles. The molecule has 6 nitrogen and oxygen atoms in total. The summed E-state index contributed by atoms with van der Waals surface area (Å²) in [7, 11) is 3.29. The van der Waals surface area contributed by atoms with Gasteiger partial charge in [0.1, 0.15) is 5.82 Å². The molecule has 2 amide bonds. The Morgan fingerprint density at radius 3 is 2.23 bits per heavy atom. The smallest absolute Gasteiger partial charge is 0.338 e. The summed E-state index contributed by atoms with van der Waals surface area (Å²) in [6.07, 6.45) is 0. The molecule has 2 rings (SSSR count). The van der Waals surface area contributed by atoms with Crippen LogP contribution in [-0.4, -0.2) is 43.4 Å². The van der Waals surface area contributed by atoms with E-state index in [2.05, 4.69) is 5.32 Å². The van der Waals surface area contributed by atoms with E-state index in [1.165, 1.54) is 17.0 Å². The van der Waals surface area contributed by atoms with Crippen molar-refractivity contribution in [2.45, 2.75) is 6.92 Å². The van der Waals surface area contributed by atoms with Crippen LogP contribution in [0.3, 0.4) is 0 Å². The highest BCUT2D eigenvalue weighted by molar-refractivity contribution is 5.97. The average Bonchev–Trinajstić information content (AvgIpc) is 2.62. The first kappa shape index (κ1) is 19.1. The Hall–Kier alpha value is -3.22. The van der Waals surface area contributed by atoms with Gasteiger partial charge in [0.2, 0.25) is 0 Å². The number of ether oxygens (including phenoxy) is 1. The maximum atomic E-state index is 13.5. The predicted octanol–water partition coefficient (Wildman–Crippen LogP) is 2.63. The molecule has 0 saturated carbocycles. The summed E-state index contributed by atoms with van der Waals surface area (Å²) in [6.45, 7) is 1.07. The van der Waals surface area contributed by atoms with E-state index in [1.54, 1.807) is 45.3 Å². The normalized spacial score (nSPS) is 10.2. The lowest BCUT2D eigenvalue weighted by atomic mass is 10.1. The molecule has 26 heavy (non-hydrogen) atoms. The third-order valence-electron chi connectivity index (χ3n) is 3.56. The first-order valence-electron chi connectivity index (χ1n) is 7.83. The van der Waals surface area contributed by atoms with E-state index in [9.17, 15) is 18.8 Å². The van der Waals surface area contributed by atoms with Crippen molar-refractivity contribution in [1.29, 1.82) is 0 Å². The molecule has 0 aliphatic heterocycles. The van der Waals surface area contributed by atoms with Crippen LogP contribution in [-0.2, 0) is 9.53 Å². The number of halogens is 1. The largest absolute Gasteiger partial charge is 0.452 e. The van der Waals surface area contributed by atoms with E-state index < -0.39 is 24.3 Å². The lowest BCUT2D eigenvalue weighted by Crippen LogP contribution is -2.22. The lowest BCUT2D eigenvalue weighted by molar-refractivity contribution is -0.119. The Kier molecular flexibility index (Phi) is 6.06. The first-order chi connectivity index (χ1) is 12.3. The minimum atomic E-state index is -0.786. The maximum absolute atomic E-state index is 13.5. The molecule has 0 atom stereocenters. The van der Waals surface area contributed by atoms with Crippen molar-refractivity contribution in [3.8, 4) is 0 Å². The zero-order valence-electron chi connectivity index (χ0n) is 14.7. The van der Waals surface area contributed by atoms with Gasteiger partial charge >= 0.3 is 5.97 Å². The van der Waals surface area contributed by atoms with Crippen LogP contribution in [0.15, 0.2) is 42.5 Å². The standard InChI is InChI=1S/C19H19FN2O4/c1-12-4-5-14(10-16(12)20)19(25)26-11-17(23)21-15-8-6-13(7-9-15)18(24)22(2)3/h4-10H,11H2,1-3H3,(H,21,23). The van der Waals surface area contributed by atoms with Gasteiger partial charge in [-0.3, -0.25) is 9.59 Å². The average molecular weight is 358 g/mol. The summed E-state index contributed by atoms with van der Waals surface area (Å²) < 4.78 is 18.3. The van der Waals surface area contributed by atoms with E-state index in [1.807, 2.05) is 0 Å². The fourth-order valence-electron chi connectivity index (χ4n) is 2.09. The number of nitrogens with one attached hydrogen (secondary N) is 1. The monoisotopic (exact) mass is 358 g/mol. The number of esters is 1. The van der Waals surface area contributed by atoms with Crippen LogP contribution >= 0.6 is 0 Å². The van der Waals surface area contributed by atoms with Crippen molar-refractivity contribution >= 4 is 23.5 Å². The number of rotatable bonds is 5. The topological polar surface area (TPSA) is 75.7 Å². The molecule has 0 radical (unpaired) electrons. The van der Waals surface area contributed by atoms with E-state index in [0.29, 0.717) is 16.8 Å². The van der Waals surface area contributed by atoms with Gasteiger partial charge < -0.3 is 15.0 Å². The van der Waals surface area contributed by atoms with Gasteiger partial charge in [0, 0.05) is 25.3 Å². The number of hydrogen-bond acceptors (Lipinski definition) is 4. The molecule has 0 aromatic heterocycles. The van der Waals surface area contributed by atoms with Crippen LogP contribution in [0.4, 0.5) is 10.1 Å². The van der Waals surface area contributed by atoms with Gasteiger partial charge in [-0.05, 0) is 48.9 Å². The van der Waals surface area contributed by atoms with Gasteiger partial charge in [-0.2, -0.15) is 0 Å². The Morgan fingerprint density at radius 1 is 1.04 bits per heavy atom. The van der Waals surface area contributed by atoms with E-state index in [4.69, 9.17) is 4.74 Å². The molecule has 2 aromatic carbocycles. The predicted molar refractivity (Wildman–Crippen MR) is 94.5 cm³/mol. The van der Waals surface area contributed by atoms with Crippen LogP contribution in [0, 0.1) is 12.7 Å². The zero-order valence-corrected chi connectivity index (χ0v) is 14.7. The van der Waals surface area contributed by atoms with Crippen molar-refractivity contribution in [2.75, 3.05) is 26.0 Å². The highest BCUT2D eigenvalue weighted by Gasteiger charge is 2.13. The maximum Gasteiger partial charge on any atom is 0.338 e. The molecule has 0 bridgehead atoms. The first-order valence-corrected chi connectivity index (χ1v) is 7.83. The van der Waals surface area contributed by atoms with Crippen molar-refractivity contribution in [2.24, 2.45) is 0 Å². The zero-order chi connectivity index (χ0) is 19.3. The number of carbonyl (C=O) groups is 3. The summed E-state index contributed by atoms with van der Waals surface area (Å²) in [6, 6.07) is 10.3. The third kappa shape index (κ3) is 4.89. The summed E-state index contributed by atoms with van der Waals surface area (Å²) in [5.41, 5.74) is 1.39. The van der Waals surface area contributed by atoms with E-state index in [-0.39, 0.29) is 11.5 Å². The third-order valence-corrected chi connectivity index (χ3v) is 3.56. The number of amides is 2. The Bertz CT molecular complexity index is 832. The molecule has 0 aliphatic rings. The SMILES string of the molecule is Cc1ccc(C(=O)OCC(=O)Nc2ccc(C(=O)N(C)C)cc2)cc1F. The molecule has 1 N–H and O–H groups in total. The molecule has 0 unspecified atom stereocenters. The molecule has 7 heteroatoms. The second-order valence-corrected chi connectivity index (χ2v) is 5.87. The number of hydrogen-bond donors (Lipinski definition) is 1. The number of nitrogens with zero attached hydrogens (tertiary/aromatic N) is 1. The van der Waals surface area contributed by atoms with Gasteiger partial charge in [-0.25, -0.2) is 9.18 Å². The number of benzene rings is 2. The van der Waals surface area contributed by atoms with Crippen LogP contribution < -0.4 is 5.32 Å². The second-order valence-electron chi connectivity index (χ2n) is 5.87. The Labute approximate surface area is 150 Å². The number of carbonyl (C=O) groups excluding carboxylic acids is 3. The Morgan fingerprint density at radius 2 is 1.65 bits per heavy atom. The summed E-state index contributed by atoms with van der Waals surface area (Å²) in [5, 5.41) is 2.55. The van der Waals surface area contributed by atoms with Gasteiger partial charge in [0.25, 0.3) is 11.8 Å². The van der Waals surface area contributed by atoms with Gasteiger partial charge in [-0.1, -0.05) is 6.07 Å². The summed E-state index contributed by atoms with van der Waals surface area (Å²) in [5.74, 6) is -2.00. The van der Waals surface area contributed by atoms with Crippen molar-refractivity contribution < 1.29 is 23.5 Å². The van der Waals surface area contributed by atoms with Crippen LogP contribution in [0.5, 0.6) is 0 Å². The fourth-order valence-corrected chi connectivity index (χ4v) is 2.09. The van der Waals surface area contributed by atoms with E-state index in [0.717, 1.165) is 6.07 Å². The molecule has 136 valence electrons. The van der Waals surface area contributed by atoms with Crippen LogP contribution in [0.25, 0.3) is 0 Å². The number of aryl methyl sites for hydroxylation is 1. The number of anilines is 1. The van der Waals surface area contributed by atoms with Crippen LogP contribution in [0.1, 0.15) is 26.3 Å². The Balaban J connectivity index is 1.89. The quantitative estimate of drug-likeness (QED) is 0.834. The van der Waals surface area contributed by atoms with Gasteiger partial charge in [0.05, 0.1) is 5.56 Å². The molecular formula is C19H19FN2O4. The highest BCUT2D eigenvalue weighted by atomic mass is 19.1.